The van der Waals surface area contributed by atoms with E-state index < -0.39 is 17.4 Å². The second-order valence-corrected chi connectivity index (χ2v) is 6.36. The van der Waals surface area contributed by atoms with Gasteiger partial charge in [0.2, 0.25) is 0 Å². The van der Waals surface area contributed by atoms with Crippen molar-refractivity contribution in [2.45, 2.75) is 38.5 Å². The lowest BCUT2D eigenvalue weighted by atomic mass is 9.94. The van der Waals surface area contributed by atoms with Crippen molar-refractivity contribution in [2.75, 3.05) is 13.1 Å². The van der Waals surface area contributed by atoms with Crippen LogP contribution in [0.1, 0.15) is 43.1 Å². The average molecular weight is 293 g/mol. The molecule has 0 radical (unpaired) electrons. The summed E-state index contributed by atoms with van der Waals surface area (Å²) >= 11 is 0. The largest absolute Gasteiger partial charge is 0.444 e. The Morgan fingerprint density at radius 1 is 1.33 bits per heavy atom. The molecule has 1 aliphatic heterocycles. The summed E-state index contributed by atoms with van der Waals surface area (Å²) in [4.78, 5) is 24.0. The monoisotopic (exact) mass is 293 g/mol. The second kappa shape index (κ2) is 5.47. The summed E-state index contributed by atoms with van der Waals surface area (Å²) in [6, 6.07) is 6.37. The molecular formula is C16H20FNO3. The van der Waals surface area contributed by atoms with Gasteiger partial charge in [-0.25, -0.2) is 9.18 Å². The highest BCUT2D eigenvalue weighted by atomic mass is 19.1. The molecule has 5 heteroatoms. The Morgan fingerprint density at radius 3 is 2.48 bits per heavy atom. The third-order valence-electron chi connectivity index (χ3n) is 3.44. The summed E-state index contributed by atoms with van der Waals surface area (Å²) < 4.78 is 20.2. The summed E-state index contributed by atoms with van der Waals surface area (Å²) in [5, 5.41) is 0. The Bertz CT molecular complexity index is 535. The minimum Gasteiger partial charge on any atom is -0.444 e. The first-order valence-electron chi connectivity index (χ1n) is 6.96. The van der Waals surface area contributed by atoms with Gasteiger partial charge in [-0.1, -0.05) is 24.3 Å². The van der Waals surface area contributed by atoms with Crippen LogP contribution in [0.2, 0.25) is 0 Å². The Hall–Kier alpha value is -1.91. The molecule has 1 amide bonds. The first kappa shape index (κ1) is 15.5. The molecule has 0 spiro atoms. The van der Waals surface area contributed by atoms with E-state index in [2.05, 4.69) is 0 Å². The molecule has 21 heavy (non-hydrogen) atoms. The maximum Gasteiger partial charge on any atom is 0.410 e. The topological polar surface area (TPSA) is 46.6 Å². The molecule has 0 saturated carbocycles. The molecule has 0 aromatic heterocycles. The SMILES string of the molecule is CC(C)(C)OC(=O)N1CCC(F)(c2ccc(C=O)cc2)C1. The van der Waals surface area contributed by atoms with Crippen molar-refractivity contribution in [2.24, 2.45) is 0 Å². The van der Waals surface area contributed by atoms with Gasteiger partial charge in [-0.3, -0.25) is 4.79 Å². The van der Waals surface area contributed by atoms with Gasteiger partial charge in [0, 0.05) is 18.5 Å². The molecule has 0 aliphatic carbocycles. The maximum absolute atomic E-state index is 15.0. The Kier molecular flexibility index (Phi) is 4.03. The van der Waals surface area contributed by atoms with Gasteiger partial charge in [-0.2, -0.15) is 0 Å². The van der Waals surface area contributed by atoms with Gasteiger partial charge in [0.1, 0.15) is 11.9 Å². The molecule has 0 bridgehead atoms. The number of carbonyl (C=O) groups excluding carboxylic acids is 2. The predicted octanol–water partition coefficient (Wildman–Crippen LogP) is 3.30. The van der Waals surface area contributed by atoms with E-state index in [4.69, 9.17) is 4.74 Å². The number of benzene rings is 1. The number of rotatable bonds is 2. The van der Waals surface area contributed by atoms with Crippen LogP contribution in [0.25, 0.3) is 0 Å². The molecular weight excluding hydrogens is 273 g/mol. The van der Waals surface area contributed by atoms with Crippen molar-refractivity contribution in [1.29, 1.82) is 0 Å². The van der Waals surface area contributed by atoms with Crippen molar-refractivity contribution in [3.05, 3.63) is 35.4 Å². The number of nitrogens with zero attached hydrogens (tertiary/aromatic N) is 1. The van der Waals surface area contributed by atoms with Crippen LogP contribution in [-0.4, -0.2) is 36.0 Å². The van der Waals surface area contributed by atoms with Crippen LogP contribution in [-0.2, 0) is 10.4 Å². The highest BCUT2D eigenvalue weighted by Gasteiger charge is 2.42. The van der Waals surface area contributed by atoms with E-state index in [1.54, 1.807) is 45.0 Å². The number of ether oxygens (including phenoxy) is 1. The lowest BCUT2D eigenvalue weighted by Crippen LogP contribution is -2.37. The number of hydrogen-bond donors (Lipinski definition) is 0. The molecule has 1 aromatic rings. The second-order valence-electron chi connectivity index (χ2n) is 6.36. The van der Waals surface area contributed by atoms with Crippen molar-refractivity contribution < 1.29 is 18.7 Å². The van der Waals surface area contributed by atoms with E-state index in [0.29, 0.717) is 17.7 Å². The summed E-state index contributed by atoms with van der Waals surface area (Å²) in [6.07, 6.45) is 0.453. The van der Waals surface area contributed by atoms with Crippen LogP contribution in [0.15, 0.2) is 24.3 Å². The fourth-order valence-electron chi connectivity index (χ4n) is 2.35. The van der Waals surface area contributed by atoms with Crippen LogP contribution in [0.5, 0.6) is 0 Å². The van der Waals surface area contributed by atoms with Gasteiger partial charge in [0.15, 0.2) is 5.67 Å². The zero-order valence-electron chi connectivity index (χ0n) is 12.6. The van der Waals surface area contributed by atoms with Crippen LogP contribution < -0.4 is 0 Å². The number of hydrogen-bond acceptors (Lipinski definition) is 3. The van der Waals surface area contributed by atoms with E-state index in [-0.39, 0.29) is 13.0 Å². The molecule has 114 valence electrons. The van der Waals surface area contributed by atoms with Gasteiger partial charge >= 0.3 is 6.09 Å². The van der Waals surface area contributed by atoms with E-state index in [1.165, 1.54) is 4.90 Å². The molecule has 1 saturated heterocycles. The maximum atomic E-state index is 15.0. The highest BCUT2D eigenvalue weighted by Crippen LogP contribution is 2.36. The molecule has 1 atom stereocenters. The van der Waals surface area contributed by atoms with Gasteiger partial charge in [-0.05, 0) is 26.3 Å². The normalized spacial score (nSPS) is 22.2. The molecule has 1 fully saturated rings. The fourth-order valence-corrected chi connectivity index (χ4v) is 2.35. The number of likely N-dealkylation sites (tertiary alicyclic amines) is 1. The van der Waals surface area contributed by atoms with Crippen LogP contribution in [0.4, 0.5) is 9.18 Å². The first-order chi connectivity index (χ1) is 9.73. The Labute approximate surface area is 123 Å². The van der Waals surface area contributed by atoms with E-state index in [1.807, 2.05) is 0 Å². The molecule has 4 nitrogen and oxygen atoms in total. The van der Waals surface area contributed by atoms with Gasteiger partial charge in [0.05, 0.1) is 6.54 Å². The predicted molar refractivity (Wildman–Crippen MR) is 77.0 cm³/mol. The van der Waals surface area contributed by atoms with Crippen molar-refractivity contribution in [3.8, 4) is 0 Å². The van der Waals surface area contributed by atoms with Crippen LogP contribution >= 0.6 is 0 Å². The molecule has 1 heterocycles. The number of carbonyl (C=O) groups is 2. The van der Waals surface area contributed by atoms with Crippen molar-refractivity contribution in [1.82, 2.24) is 4.90 Å². The van der Waals surface area contributed by atoms with E-state index >= 15 is 0 Å². The molecule has 1 aromatic carbocycles. The van der Waals surface area contributed by atoms with Gasteiger partial charge in [0.25, 0.3) is 0 Å². The van der Waals surface area contributed by atoms with E-state index in [9.17, 15) is 14.0 Å². The zero-order chi connectivity index (χ0) is 15.7. The summed E-state index contributed by atoms with van der Waals surface area (Å²) in [5.41, 5.74) is -1.19. The summed E-state index contributed by atoms with van der Waals surface area (Å²) in [6.45, 7) is 5.63. The average Bonchev–Trinajstić information content (AvgIpc) is 2.81. The highest BCUT2D eigenvalue weighted by molar-refractivity contribution is 5.74. The number of halogens is 1. The minimum absolute atomic E-state index is 0.0254. The van der Waals surface area contributed by atoms with Crippen LogP contribution in [0.3, 0.4) is 0 Å². The molecule has 1 aliphatic rings. The number of aldehydes is 1. The van der Waals surface area contributed by atoms with Gasteiger partial charge < -0.3 is 9.64 Å². The standard InChI is InChI=1S/C16H20FNO3/c1-15(2,3)21-14(20)18-9-8-16(17,11-18)13-6-4-12(10-19)5-7-13/h4-7,10H,8-9,11H2,1-3H3. The minimum atomic E-state index is -1.59. The Morgan fingerprint density at radius 2 is 1.95 bits per heavy atom. The quantitative estimate of drug-likeness (QED) is 0.786. The summed E-state index contributed by atoms with van der Waals surface area (Å²) in [5.74, 6) is 0. The third kappa shape index (κ3) is 3.60. The lowest BCUT2D eigenvalue weighted by Gasteiger charge is -2.25. The third-order valence-corrected chi connectivity index (χ3v) is 3.44. The lowest BCUT2D eigenvalue weighted by molar-refractivity contribution is 0.0257. The van der Waals surface area contributed by atoms with E-state index in [0.717, 1.165) is 6.29 Å². The number of amides is 1. The van der Waals surface area contributed by atoms with Crippen molar-refractivity contribution >= 4 is 12.4 Å². The van der Waals surface area contributed by atoms with Gasteiger partial charge in [-0.15, -0.1) is 0 Å². The first-order valence-corrected chi connectivity index (χ1v) is 6.96. The zero-order valence-corrected chi connectivity index (χ0v) is 12.6. The van der Waals surface area contributed by atoms with Crippen molar-refractivity contribution in [3.63, 3.8) is 0 Å². The van der Waals surface area contributed by atoms with Crippen LogP contribution in [0, 0.1) is 0 Å². The Balaban J connectivity index is 2.08. The smallest absolute Gasteiger partial charge is 0.410 e. The molecule has 2 rings (SSSR count). The summed E-state index contributed by atoms with van der Waals surface area (Å²) in [7, 11) is 0. The number of alkyl halides is 1. The fraction of sp³-hybridized carbons (Fsp3) is 0.500. The molecule has 1 unspecified atom stereocenters. The molecule has 0 N–H and O–H groups in total.